The van der Waals surface area contributed by atoms with E-state index in [-0.39, 0.29) is 24.5 Å². The van der Waals surface area contributed by atoms with Crippen molar-refractivity contribution >= 4 is 57.5 Å². The van der Waals surface area contributed by atoms with Gasteiger partial charge in [-0.25, -0.2) is 0 Å². The maximum atomic E-state index is 14.7. The van der Waals surface area contributed by atoms with E-state index in [1.807, 2.05) is 86.6 Å². The summed E-state index contributed by atoms with van der Waals surface area (Å²) in [5.74, 6) is -0.0529. The van der Waals surface area contributed by atoms with E-state index < -0.39 is 46.2 Å². The van der Waals surface area contributed by atoms with Gasteiger partial charge in [0, 0.05) is 52.4 Å². The van der Waals surface area contributed by atoms with E-state index in [0.717, 1.165) is 70.1 Å². The molecule has 14 heteroatoms. The van der Waals surface area contributed by atoms with Crippen LogP contribution >= 0.6 is 23.2 Å². The van der Waals surface area contributed by atoms with E-state index >= 15 is 0 Å². The minimum Gasteiger partial charge on any atom is -0.493 e. The average molecular weight is 1330 g/mol. The molecule has 0 bridgehead atoms. The third kappa shape index (κ3) is 25.6. The van der Waals surface area contributed by atoms with Crippen molar-refractivity contribution in [2.75, 3.05) is 26.4 Å². The number of rotatable bonds is 48. The zero-order valence-corrected chi connectivity index (χ0v) is 62.4. The number of nitrogens with two attached hydrogens (primary N) is 1. The Morgan fingerprint density at radius 2 is 0.824 bits per heavy atom. The highest BCUT2D eigenvalue weighted by atomic mass is 35.5. The predicted octanol–water partition coefficient (Wildman–Crippen LogP) is 21.4. The highest BCUT2D eigenvalue weighted by Crippen LogP contribution is 2.46. The Balaban J connectivity index is 1.49. The molecule has 0 aliphatic heterocycles. The lowest BCUT2D eigenvalue weighted by Gasteiger charge is -2.42. The topological polar surface area (TPSA) is 135 Å². The summed E-state index contributed by atoms with van der Waals surface area (Å²) in [6.07, 6.45) is 21.0. The fraction of sp³-hybridized carbons (Fsp3) is 0.649. The first kappa shape index (κ1) is 79.4. The van der Waals surface area contributed by atoms with E-state index in [4.69, 9.17) is 52.0 Å². The number of halogens is 2. The minimum absolute atomic E-state index is 0.0750. The maximum Gasteiger partial charge on any atom is 0.307 e. The summed E-state index contributed by atoms with van der Waals surface area (Å²) >= 11 is 13.2. The van der Waals surface area contributed by atoms with Crippen LogP contribution in [-0.2, 0) is 40.0 Å². The summed E-state index contributed by atoms with van der Waals surface area (Å²) in [5.41, 5.74) is 11.3. The normalized spacial score (nSPS) is 13.1. The third-order valence-electron chi connectivity index (χ3n) is 18.9. The van der Waals surface area contributed by atoms with E-state index in [1.165, 1.54) is 64.2 Å². The molecule has 0 heterocycles. The molecule has 3 N–H and O–H groups in total. The lowest BCUT2D eigenvalue weighted by atomic mass is 9.79. The van der Waals surface area contributed by atoms with Gasteiger partial charge < -0.3 is 34.1 Å². The SMILES string of the molecule is CC(C)C[C@H](NC(=O)[C@@H](N)Cc1ccccc1)C(=O)CCC(=O)OC(c1ccc(Cl)cc1)(c1ccc(Cl)cc1)c1cc(OCCCCCCCCCCCO[Si](C(C)C)(C(C)C)C(C)C)cc(OCCCCCCCCCCCO[Si](C(C)C)(C(C)C)C(C)C)c1. The second-order valence-electron chi connectivity index (χ2n) is 28.2. The maximum absolute atomic E-state index is 14.7. The van der Waals surface area contributed by atoms with Crippen molar-refractivity contribution in [3.05, 3.63) is 129 Å². The van der Waals surface area contributed by atoms with Gasteiger partial charge in [0.15, 0.2) is 28.0 Å². The summed E-state index contributed by atoms with van der Waals surface area (Å²) in [4.78, 5) is 42.4. The Hall–Kier alpha value is -4.02. The Bertz CT molecular complexity index is 2500. The van der Waals surface area contributed by atoms with Crippen molar-refractivity contribution in [2.45, 2.75) is 289 Å². The quantitative estimate of drug-likeness (QED) is 0.0192. The molecule has 4 rings (SSSR count). The molecule has 0 spiro atoms. The molecule has 0 fully saturated rings. The van der Waals surface area contributed by atoms with Crippen LogP contribution in [0.5, 0.6) is 11.5 Å². The standard InChI is InChI=1S/C77H122Cl2N2O8Si2/c1-57(2)52-73(81-76(84)72(80)53-64-36-30-29-31-37-64)74(82)46-47-75(83)89-77(65-38-42-68(78)43-39-65,66-40-44-69(79)45-41-66)67-54-70(85-48-32-25-21-17-15-19-23-27-34-50-87-90(58(3)4,59(5)6)60(7)8)56-71(55-67)86-49-33-26-22-18-16-20-24-28-35-51-88-91(61(9)10,62(11)12)63(13)14/h29-31,36-45,54-63,72-73H,15-28,32-35,46-53,80H2,1-14H3,(H,81,84)/t72-,73-/m0/s1. The van der Waals surface area contributed by atoms with Crippen molar-refractivity contribution in [1.29, 1.82) is 0 Å². The average Bonchev–Trinajstić information content (AvgIpc) is 0.754. The lowest BCUT2D eigenvalue weighted by molar-refractivity contribution is -0.154. The van der Waals surface area contributed by atoms with Gasteiger partial charge >= 0.3 is 5.97 Å². The summed E-state index contributed by atoms with van der Waals surface area (Å²) in [6.45, 7) is 35.1. The smallest absolute Gasteiger partial charge is 0.307 e. The largest absolute Gasteiger partial charge is 0.493 e. The number of hydrogen-bond acceptors (Lipinski definition) is 9. The van der Waals surface area contributed by atoms with Crippen LogP contribution in [0.25, 0.3) is 0 Å². The Kier molecular flexibility index (Phi) is 36.4. The number of carbonyl (C=O) groups is 3. The second-order valence-corrected chi connectivity index (χ2v) is 40.0. The monoisotopic (exact) mass is 1330 g/mol. The van der Waals surface area contributed by atoms with Gasteiger partial charge in [-0.2, -0.15) is 0 Å². The summed E-state index contributed by atoms with van der Waals surface area (Å²) in [7, 11) is -3.63. The van der Waals surface area contributed by atoms with Gasteiger partial charge in [-0.15, -0.1) is 0 Å². The summed E-state index contributed by atoms with van der Waals surface area (Å²) < 4.78 is 33.8. The highest BCUT2D eigenvalue weighted by Gasteiger charge is 2.46. The van der Waals surface area contributed by atoms with Gasteiger partial charge in [0.25, 0.3) is 0 Å². The molecule has 0 saturated carbocycles. The van der Waals surface area contributed by atoms with Crippen molar-refractivity contribution in [1.82, 2.24) is 5.32 Å². The van der Waals surface area contributed by atoms with Crippen LogP contribution in [0.3, 0.4) is 0 Å². The van der Waals surface area contributed by atoms with E-state index in [2.05, 4.69) is 88.4 Å². The Morgan fingerprint density at radius 1 is 0.462 bits per heavy atom. The molecular formula is C77H122Cl2N2O8Si2. The van der Waals surface area contributed by atoms with Gasteiger partial charge in [-0.1, -0.05) is 265 Å². The fourth-order valence-electron chi connectivity index (χ4n) is 14.4. The van der Waals surface area contributed by atoms with Crippen LogP contribution in [0.15, 0.2) is 97.1 Å². The number of Topliss-reactive ketones (excluding diaryl/α,β-unsaturated/α-hetero) is 1. The molecule has 4 aromatic rings. The number of benzene rings is 4. The number of unbranched alkanes of at least 4 members (excludes halogenated alkanes) is 16. The van der Waals surface area contributed by atoms with Gasteiger partial charge in [-0.05, 0) is 120 Å². The molecule has 0 unspecified atom stereocenters. The fourth-order valence-corrected chi connectivity index (χ4v) is 25.6. The Labute approximate surface area is 565 Å². The van der Waals surface area contributed by atoms with Crippen molar-refractivity contribution in [2.24, 2.45) is 11.7 Å². The zero-order valence-electron chi connectivity index (χ0n) is 58.9. The molecule has 2 atom stereocenters. The van der Waals surface area contributed by atoms with Gasteiger partial charge in [-0.3, -0.25) is 14.4 Å². The van der Waals surface area contributed by atoms with E-state index in [9.17, 15) is 14.4 Å². The van der Waals surface area contributed by atoms with Crippen LogP contribution in [0.1, 0.15) is 254 Å². The first-order valence-electron chi connectivity index (χ1n) is 35.5. The van der Waals surface area contributed by atoms with Crippen LogP contribution in [-0.4, -0.2) is 72.8 Å². The minimum atomic E-state index is -1.82. The van der Waals surface area contributed by atoms with E-state index in [0.29, 0.717) is 97.5 Å². The summed E-state index contributed by atoms with van der Waals surface area (Å²) in [6, 6.07) is 28.2. The lowest BCUT2D eigenvalue weighted by Crippen LogP contribution is -2.49. The molecule has 0 saturated heterocycles. The van der Waals surface area contributed by atoms with Gasteiger partial charge in [0.05, 0.1) is 31.7 Å². The van der Waals surface area contributed by atoms with Crippen LogP contribution < -0.4 is 20.5 Å². The number of carbonyl (C=O) groups excluding carboxylic acids is 3. The molecule has 0 aliphatic carbocycles. The van der Waals surface area contributed by atoms with Crippen LogP contribution in [0, 0.1) is 5.92 Å². The number of amides is 1. The molecule has 91 heavy (non-hydrogen) atoms. The second kappa shape index (κ2) is 41.7. The summed E-state index contributed by atoms with van der Waals surface area (Å²) in [5, 5.41) is 3.95. The molecule has 0 aliphatic rings. The number of hydrogen-bond donors (Lipinski definition) is 2. The molecule has 0 radical (unpaired) electrons. The van der Waals surface area contributed by atoms with Crippen LogP contribution in [0.4, 0.5) is 0 Å². The predicted molar refractivity (Wildman–Crippen MR) is 387 cm³/mol. The number of ether oxygens (including phenoxy) is 3. The molecule has 510 valence electrons. The third-order valence-corrected chi connectivity index (χ3v) is 31.7. The molecule has 4 aromatic carbocycles. The first-order valence-corrected chi connectivity index (χ1v) is 40.5. The van der Waals surface area contributed by atoms with Crippen LogP contribution in [0.2, 0.25) is 43.3 Å². The number of ketones is 1. The molecule has 1 amide bonds. The number of esters is 1. The highest BCUT2D eigenvalue weighted by molar-refractivity contribution is 6.78. The zero-order chi connectivity index (χ0) is 67.0. The molecular weight excluding hydrogens is 1210 g/mol. The Morgan fingerprint density at radius 3 is 1.19 bits per heavy atom. The van der Waals surface area contributed by atoms with Crippen molar-refractivity contribution < 1.29 is 37.4 Å². The number of nitrogens with one attached hydrogen (secondary N) is 1. The first-order chi connectivity index (χ1) is 43.4. The van der Waals surface area contributed by atoms with Gasteiger partial charge in [0.2, 0.25) is 5.91 Å². The van der Waals surface area contributed by atoms with E-state index in [1.54, 1.807) is 24.3 Å². The van der Waals surface area contributed by atoms with Crippen molar-refractivity contribution in [3.8, 4) is 11.5 Å². The van der Waals surface area contributed by atoms with Gasteiger partial charge in [0.1, 0.15) is 11.5 Å². The molecule has 0 aromatic heterocycles. The van der Waals surface area contributed by atoms with Crippen molar-refractivity contribution in [3.63, 3.8) is 0 Å². The molecule has 10 nitrogen and oxygen atoms in total.